The second-order valence-corrected chi connectivity index (χ2v) is 11.1. The van der Waals surface area contributed by atoms with Gasteiger partial charge in [0.05, 0.1) is 28.8 Å². The molecule has 2 atom stereocenters. The van der Waals surface area contributed by atoms with E-state index in [1.165, 1.54) is 0 Å². The van der Waals surface area contributed by atoms with Gasteiger partial charge in [0.2, 0.25) is 11.8 Å². The van der Waals surface area contributed by atoms with Gasteiger partial charge in [-0.3, -0.25) is 15.0 Å². The number of likely N-dealkylation sites (tertiary alicyclic amines) is 1. The Morgan fingerprint density at radius 2 is 1.97 bits per heavy atom. The lowest BCUT2D eigenvalue weighted by Gasteiger charge is -2.41. The predicted molar refractivity (Wildman–Crippen MR) is 124 cm³/mol. The van der Waals surface area contributed by atoms with Crippen molar-refractivity contribution in [3.63, 3.8) is 0 Å². The number of carbonyl (C=O) groups excluding carboxylic acids is 1. The largest absolute Gasteiger partial charge is 0.353 e. The molecule has 1 aromatic heterocycles. The van der Waals surface area contributed by atoms with E-state index in [1.54, 1.807) is 12.3 Å². The summed E-state index contributed by atoms with van der Waals surface area (Å²) in [7, 11) is -1.02. The van der Waals surface area contributed by atoms with E-state index in [1.807, 2.05) is 27.7 Å². The zero-order chi connectivity index (χ0) is 23.4. The summed E-state index contributed by atoms with van der Waals surface area (Å²) in [5, 5.41) is 7.06. The van der Waals surface area contributed by atoms with Crippen LogP contribution in [0, 0.1) is 0 Å². The fourth-order valence-corrected chi connectivity index (χ4v) is 4.78. The molecular formula is C22H38N4O5S. The Morgan fingerprint density at radius 3 is 2.59 bits per heavy atom. The van der Waals surface area contributed by atoms with Gasteiger partial charge in [-0.05, 0) is 46.0 Å². The molecule has 32 heavy (non-hydrogen) atoms. The summed E-state index contributed by atoms with van der Waals surface area (Å²) in [4.78, 5) is 15.2. The fraction of sp³-hybridized carbons (Fsp3) is 0.818. The minimum absolute atomic E-state index is 0.143. The fourth-order valence-electron chi connectivity index (χ4n) is 4.07. The first-order valence-electron chi connectivity index (χ1n) is 11.4. The normalized spacial score (nSPS) is 22.6. The van der Waals surface area contributed by atoms with Gasteiger partial charge in [-0.2, -0.15) is 0 Å². The van der Waals surface area contributed by atoms with Gasteiger partial charge >= 0.3 is 0 Å². The molecule has 2 unspecified atom stereocenters. The van der Waals surface area contributed by atoms with Crippen molar-refractivity contribution in [2.75, 3.05) is 37.9 Å². The van der Waals surface area contributed by atoms with E-state index < -0.39 is 16.5 Å². The quantitative estimate of drug-likeness (QED) is 0.571. The number of hydrogen-bond acceptors (Lipinski definition) is 7. The maximum Gasteiger partial charge on any atom is 0.246 e. The summed E-state index contributed by atoms with van der Waals surface area (Å²) in [6, 6.07) is 1.99. The van der Waals surface area contributed by atoms with Crippen LogP contribution in [0.3, 0.4) is 0 Å². The van der Waals surface area contributed by atoms with Crippen LogP contribution in [0.5, 0.6) is 0 Å². The number of rotatable bonds is 9. The molecule has 3 heterocycles. The first-order valence-corrected chi connectivity index (χ1v) is 13.0. The molecule has 0 bridgehead atoms. The molecule has 2 saturated heterocycles. The number of ether oxygens (including phenoxy) is 2. The smallest absolute Gasteiger partial charge is 0.246 e. The molecule has 0 saturated carbocycles. The SMILES string of the molecule is CS(=O)NC1CCN(C(C)(C)C(=O)Nc2cc(C(C)(C)COC3CCCCO3)no2)CC1. The van der Waals surface area contributed by atoms with Crippen molar-refractivity contribution in [1.82, 2.24) is 14.8 Å². The monoisotopic (exact) mass is 470 g/mol. The van der Waals surface area contributed by atoms with Gasteiger partial charge < -0.3 is 14.0 Å². The molecular weight excluding hydrogens is 432 g/mol. The van der Waals surface area contributed by atoms with Crippen LogP contribution in [-0.4, -0.2) is 70.6 Å². The zero-order valence-electron chi connectivity index (χ0n) is 19.9. The molecule has 10 heteroatoms. The molecule has 2 aliphatic rings. The molecule has 182 valence electrons. The maximum absolute atomic E-state index is 13.0. The summed E-state index contributed by atoms with van der Waals surface area (Å²) in [6.07, 6.45) is 6.30. The average molecular weight is 471 g/mol. The van der Waals surface area contributed by atoms with Crippen molar-refractivity contribution in [3.05, 3.63) is 11.8 Å². The molecule has 3 rings (SSSR count). The van der Waals surface area contributed by atoms with Crippen molar-refractivity contribution >= 4 is 22.8 Å². The molecule has 1 amide bonds. The summed E-state index contributed by atoms with van der Waals surface area (Å²) in [5.74, 6) is 0.188. The van der Waals surface area contributed by atoms with Crippen molar-refractivity contribution in [1.29, 1.82) is 0 Å². The Hall–Kier alpha value is -1.33. The van der Waals surface area contributed by atoms with Gasteiger partial charge in [0.1, 0.15) is 0 Å². The summed E-state index contributed by atoms with van der Waals surface area (Å²) in [5.41, 5.74) is -0.363. The Labute approximate surface area is 193 Å². The van der Waals surface area contributed by atoms with E-state index in [2.05, 4.69) is 20.1 Å². The Balaban J connectivity index is 1.53. The van der Waals surface area contributed by atoms with E-state index in [9.17, 15) is 9.00 Å². The lowest BCUT2D eigenvalue weighted by atomic mass is 9.90. The topological polar surface area (TPSA) is 106 Å². The van der Waals surface area contributed by atoms with Gasteiger partial charge in [-0.1, -0.05) is 19.0 Å². The Kier molecular flexibility index (Phi) is 8.48. The van der Waals surface area contributed by atoms with Gasteiger partial charge in [0.15, 0.2) is 6.29 Å². The van der Waals surface area contributed by atoms with Gasteiger partial charge in [-0.15, -0.1) is 0 Å². The van der Waals surface area contributed by atoms with Crippen molar-refractivity contribution in [2.45, 2.75) is 83.1 Å². The zero-order valence-corrected chi connectivity index (χ0v) is 20.8. The molecule has 9 nitrogen and oxygen atoms in total. The third-order valence-electron chi connectivity index (χ3n) is 6.38. The second-order valence-electron chi connectivity index (χ2n) is 9.91. The number of nitrogens with zero attached hydrogens (tertiary/aromatic N) is 2. The predicted octanol–water partition coefficient (Wildman–Crippen LogP) is 2.56. The number of amides is 1. The van der Waals surface area contributed by atoms with Gasteiger partial charge in [0.25, 0.3) is 0 Å². The Morgan fingerprint density at radius 1 is 1.25 bits per heavy atom. The van der Waals surface area contributed by atoms with Crippen LogP contribution >= 0.6 is 0 Å². The van der Waals surface area contributed by atoms with E-state index in [4.69, 9.17) is 14.0 Å². The van der Waals surface area contributed by atoms with Gasteiger partial charge in [0, 0.05) is 43.5 Å². The molecule has 0 aliphatic carbocycles. The Bertz CT molecular complexity index is 783. The minimum Gasteiger partial charge on any atom is -0.353 e. The van der Waals surface area contributed by atoms with Crippen LogP contribution in [-0.2, 0) is 30.7 Å². The minimum atomic E-state index is -1.02. The van der Waals surface area contributed by atoms with Gasteiger partial charge in [-0.25, -0.2) is 8.93 Å². The van der Waals surface area contributed by atoms with Crippen LogP contribution in [0.15, 0.2) is 10.6 Å². The molecule has 0 spiro atoms. The van der Waals surface area contributed by atoms with Crippen molar-refractivity contribution in [2.24, 2.45) is 0 Å². The van der Waals surface area contributed by atoms with Crippen molar-refractivity contribution < 1.29 is 23.0 Å². The highest BCUT2D eigenvalue weighted by Crippen LogP contribution is 2.28. The third-order valence-corrected chi connectivity index (χ3v) is 7.05. The lowest BCUT2D eigenvalue weighted by Crippen LogP contribution is -2.56. The molecule has 0 aromatic carbocycles. The number of hydrogen-bond donors (Lipinski definition) is 2. The number of carbonyl (C=O) groups is 1. The highest BCUT2D eigenvalue weighted by molar-refractivity contribution is 7.82. The molecule has 2 fully saturated rings. The van der Waals surface area contributed by atoms with Crippen molar-refractivity contribution in [3.8, 4) is 0 Å². The second kappa shape index (κ2) is 10.7. The number of nitrogens with one attached hydrogen (secondary N) is 2. The van der Waals surface area contributed by atoms with E-state index in [0.717, 1.165) is 57.5 Å². The molecule has 1 aromatic rings. The number of piperidine rings is 1. The first-order chi connectivity index (χ1) is 15.1. The maximum atomic E-state index is 13.0. The summed E-state index contributed by atoms with van der Waals surface area (Å²) >= 11 is 0. The summed E-state index contributed by atoms with van der Waals surface area (Å²) < 4.78 is 31.5. The van der Waals surface area contributed by atoms with Crippen LogP contribution in [0.4, 0.5) is 5.88 Å². The van der Waals surface area contributed by atoms with Crippen LogP contribution < -0.4 is 10.0 Å². The highest BCUT2D eigenvalue weighted by atomic mass is 32.2. The lowest BCUT2D eigenvalue weighted by molar-refractivity contribution is -0.170. The van der Waals surface area contributed by atoms with E-state index in [0.29, 0.717) is 12.5 Å². The number of aromatic nitrogens is 1. The molecule has 2 aliphatic heterocycles. The molecule has 0 radical (unpaired) electrons. The van der Waals surface area contributed by atoms with Crippen LogP contribution in [0.2, 0.25) is 0 Å². The van der Waals surface area contributed by atoms with Crippen LogP contribution in [0.25, 0.3) is 0 Å². The average Bonchev–Trinajstić information content (AvgIpc) is 3.22. The number of anilines is 1. The third kappa shape index (κ3) is 6.60. The standard InChI is InChI=1S/C22H38N4O5S/c1-21(2,15-30-19-8-6-7-13-29-19)17-14-18(31-24-17)23-20(27)22(3,4)26-11-9-16(10-12-26)25-32(5)28/h14,16,19,25H,6-13,15H2,1-5H3,(H,23,27). The first kappa shape index (κ1) is 25.3. The summed E-state index contributed by atoms with van der Waals surface area (Å²) in [6.45, 7) is 10.6. The van der Waals surface area contributed by atoms with E-state index in [-0.39, 0.29) is 23.7 Å². The van der Waals surface area contributed by atoms with E-state index >= 15 is 0 Å². The molecule has 2 N–H and O–H groups in total. The highest BCUT2D eigenvalue weighted by Gasteiger charge is 2.38. The van der Waals surface area contributed by atoms with Crippen LogP contribution in [0.1, 0.15) is 65.5 Å².